The molecule has 2 atom stereocenters. The molecule has 1 aromatic rings. The van der Waals surface area contributed by atoms with Crippen molar-refractivity contribution in [3.8, 4) is 0 Å². The number of rotatable bonds is 4. The van der Waals surface area contributed by atoms with Crippen LogP contribution in [0.5, 0.6) is 0 Å². The van der Waals surface area contributed by atoms with E-state index >= 15 is 0 Å². The highest BCUT2D eigenvalue weighted by Crippen LogP contribution is 2.50. The Morgan fingerprint density at radius 2 is 0.875 bits per heavy atom. The second-order valence-electron chi connectivity index (χ2n) is 4.60. The predicted molar refractivity (Wildman–Crippen MR) is 56.1 cm³/mol. The third kappa shape index (κ3) is 3.02. The Kier molecular flexibility index (Phi) is 5.13. The number of benzene rings is 1. The van der Waals surface area contributed by atoms with Crippen LogP contribution in [0.3, 0.4) is 0 Å². The summed E-state index contributed by atoms with van der Waals surface area (Å²) in [7, 11) is 0. The quantitative estimate of drug-likeness (QED) is 0.593. The first-order chi connectivity index (χ1) is 10.6. The van der Waals surface area contributed by atoms with Gasteiger partial charge in [-0.15, -0.1) is 0 Å². The fourth-order valence-corrected chi connectivity index (χ4v) is 1.80. The van der Waals surface area contributed by atoms with Crippen LogP contribution in [0.15, 0.2) is 24.3 Å². The van der Waals surface area contributed by atoms with Crippen LogP contribution < -0.4 is 0 Å². The Morgan fingerprint density at radius 3 is 1.08 bits per heavy atom. The third-order valence-corrected chi connectivity index (χ3v) is 3.13. The van der Waals surface area contributed by atoms with Gasteiger partial charge in [0.2, 0.25) is 0 Å². The summed E-state index contributed by atoms with van der Waals surface area (Å²) >= 11 is 0. The van der Waals surface area contributed by atoms with Gasteiger partial charge in [-0.3, -0.25) is 0 Å². The van der Waals surface area contributed by atoms with Gasteiger partial charge in [0, 0.05) is 11.1 Å². The van der Waals surface area contributed by atoms with Crippen LogP contribution >= 0.6 is 0 Å². The zero-order chi connectivity index (χ0) is 19.1. The van der Waals surface area contributed by atoms with E-state index in [0.717, 1.165) is 0 Å². The molecule has 0 saturated heterocycles. The lowest BCUT2D eigenvalue weighted by Gasteiger charge is -2.30. The lowest BCUT2D eigenvalue weighted by molar-refractivity contribution is -0.276. The summed E-state index contributed by atoms with van der Waals surface area (Å²) in [5, 5.41) is 0. The third-order valence-electron chi connectivity index (χ3n) is 3.13. The summed E-state index contributed by atoms with van der Waals surface area (Å²) in [6.07, 6.45) is -22.2. The minimum atomic E-state index is -6.29. The Bertz CT molecular complexity index is 527. The van der Waals surface area contributed by atoms with Crippen LogP contribution in [0.4, 0.5) is 52.7 Å². The Labute approximate surface area is 126 Å². The molecule has 0 N–H and O–H groups in total. The minimum absolute atomic E-state index is 0.00852. The average Bonchev–Trinajstić information content (AvgIpc) is 2.42. The van der Waals surface area contributed by atoms with Crippen molar-refractivity contribution in [2.45, 2.75) is 36.5 Å². The van der Waals surface area contributed by atoms with Crippen molar-refractivity contribution < 1.29 is 52.7 Å². The van der Waals surface area contributed by atoms with E-state index in [-0.39, 0.29) is 18.2 Å². The second kappa shape index (κ2) is 6.03. The van der Waals surface area contributed by atoms with Crippen molar-refractivity contribution in [3.05, 3.63) is 35.4 Å². The molecular weight excluding hydrogens is 372 g/mol. The lowest BCUT2D eigenvalue weighted by Crippen LogP contribution is -2.46. The van der Waals surface area contributed by atoms with E-state index in [1.165, 1.54) is 0 Å². The van der Waals surface area contributed by atoms with Gasteiger partial charge in [0.1, 0.15) is 0 Å². The molecule has 138 valence electrons. The number of hydrogen-bond donors (Lipinski definition) is 0. The Morgan fingerprint density at radius 1 is 0.583 bits per heavy atom. The van der Waals surface area contributed by atoms with E-state index in [9.17, 15) is 52.7 Å². The molecule has 0 heterocycles. The highest BCUT2D eigenvalue weighted by Gasteiger charge is 2.66. The zero-order valence-corrected chi connectivity index (χ0v) is 11.0. The molecule has 24 heavy (non-hydrogen) atoms. The first-order valence-corrected chi connectivity index (χ1v) is 5.78. The van der Waals surface area contributed by atoms with Crippen molar-refractivity contribution in [3.63, 3.8) is 0 Å². The van der Waals surface area contributed by atoms with Gasteiger partial charge in [0.15, 0.2) is 0 Å². The van der Waals surface area contributed by atoms with Crippen molar-refractivity contribution >= 4 is 0 Å². The molecule has 0 bridgehead atoms. The van der Waals surface area contributed by atoms with Gasteiger partial charge < -0.3 is 0 Å². The van der Waals surface area contributed by atoms with Crippen LogP contribution in [0.25, 0.3) is 0 Å². The molecule has 1 aromatic carbocycles. The van der Waals surface area contributed by atoms with Crippen LogP contribution in [0, 0.1) is 0 Å². The maximum absolute atomic E-state index is 13.8. The van der Waals surface area contributed by atoms with E-state index in [1.807, 2.05) is 0 Å². The predicted octanol–water partition coefficient (Wildman–Crippen LogP) is 5.67. The van der Waals surface area contributed by atoms with Gasteiger partial charge in [-0.25, -0.2) is 26.3 Å². The summed E-state index contributed by atoms with van der Waals surface area (Å²) in [4.78, 5) is 0. The van der Waals surface area contributed by atoms with E-state index in [4.69, 9.17) is 0 Å². The molecule has 0 amide bonds. The molecule has 0 spiro atoms. The van der Waals surface area contributed by atoms with Crippen molar-refractivity contribution in [1.29, 1.82) is 0 Å². The minimum Gasteiger partial charge on any atom is -0.222 e. The molecule has 1 rings (SSSR count). The van der Waals surface area contributed by atoms with E-state index in [0.29, 0.717) is 0 Å². The fraction of sp³-hybridized carbons (Fsp3) is 0.500. The number of hydrogen-bond acceptors (Lipinski definition) is 0. The molecule has 0 radical (unpaired) electrons. The van der Waals surface area contributed by atoms with Gasteiger partial charge in [-0.2, -0.15) is 26.3 Å². The van der Waals surface area contributed by atoms with Gasteiger partial charge in [-0.05, 0) is 6.07 Å². The van der Waals surface area contributed by atoms with Gasteiger partial charge in [0.25, 0.3) is 24.2 Å². The largest absolute Gasteiger partial charge is 0.432 e. The van der Waals surface area contributed by atoms with E-state index < -0.39 is 53.7 Å². The Balaban J connectivity index is 3.63. The molecular formula is C12H6F12. The first kappa shape index (κ1) is 20.4. The maximum Gasteiger partial charge on any atom is 0.432 e. The zero-order valence-electron chi connectivity index (χ0n) is 11.0. The molecule has 12 heteroatoms. The van der Waals surface area contributed by atoms with Gasteiger partial charge in [0.05, 0.1) is 0 Å². The van der Waals surface area contributed by atoms with Crippen LogP contribution in [0.2, 0.25) is 0 Å². The van der Waals surface area contributed by atoms with Gasteiger partial charge in [-0.1, -0.05) is 18.2 Å². The topological polar surface area (TPSA) is 0 Å². The second-order valence-corrected chi connectivity index (χ2v) is 4.60. The molecule has 0 aromatic heterocycles. The molecule has 0 aliphatic rings. The molecule has 0 aliphatic heterocycles. The summed E-state index contributed by atoms with van der Waals surface area (Å²) in [6, 6.07) is -0.522. The molecule has 0 saturated carbocycles. The normalized spacial score (nSPS) is 18.6. The number of alkyl halides is 12. The Hall–Kier alpha value is -1.62. The summed E-state index contributed by atoms with van der Waals surface area (Å²) in [5.74, 6) is 0. The molecule has 0 nitrogen and oxygen atoms in total. The van der Waals surface area contributed by atoms with Crippen LogP contribution in [-0.2, 0) is 11.3 Å². The van der Waals surface area contributed by atoms with Crippen molar-refractivity contribution in [2.75, 3.05) is 0 Å². The van der Waals surface area contributed by atoms with E-state index in [1.54, 1.807) is 0 Å². The lowest BCUT2D eigenvalue weighted by atomic mass is 9.88. The van der Waals surface area contributed by atoms with Crippen molar-refractivity contribution in [2.24, 2.45) is 0 Å². The smallest absolute Gasteiger partial charge is 0.222 e. The van der Waals surface area contributed by atoms with Gasteiger partial charge >= 0.3 is 12.4 Å². The average molecular weight is 378 g/mol. The SMILES string of the molecule is FC(F)C(F)(c1cccc(C(F)(C(F)F)C(F)(F)F)c1)C(F)(F)F. The molecule has 2 unspecified atom stereocenters. The highest BCUT2D eigenvalue weighted by molar-refractivity contribution is 5.35. The van der Waals surface area contributed by atoms with Crippen LogP contribution in [0.1, 0.15) is 11.1 Å². The highest BCUT2D eigenvalue weighted by atomic mass is 19.4. The van der Waals surface area contributed by atoms with Crippen molar-refractivity contribution in [1.82, 2.24) is 0 Å². The summed E-state index contributed by atoms with van der Waals surface area (Å²) in [5.41, 5.74) is -15.2. The van der Waals surface area contributed by atoms with E-state index in [2.05, 4.69) is 0 Å². The summed E-state index contributed by atoms with van der Waals surface area (Å²) < 4.78 is 153. The standard InChI is InChI=1S/C12H6F12/c13-7(14)9(17,11(19,20)21)5-2-1-3-6(4-5)10(18,8(15)16)12(22,23)24/h1-4,7-8H. The van der Waals surface area contributed by atoms with Crippen LogP contribution in [-0.4, -0.2) is 25.2 Å². The molecule has 0 aliphatic carbocycles. The summed E-state index contributed by atoms with van der Waals surface area (Å²) in [6.45, 7) is 0. The fourth-order valence-electron chi connectivity index (χ4n) is 1.80. The first-order valence-electron chi connectivity index (χ1n) is 5.78. The molecule has 0 fully saturated rings. The number of halogens is 12. The monoisotopic (exact) mass is 378 g/mol. The maximum atomic E-state index is 13.8.